The third kappa shape index (κ3) is 1.76. The van der Waals surface area contributed by atoms with Crippen molar-refractivity contribution in [3.8, 4) is 0 Å². The molecular weight excluding hydrogens is 196 g/mol. The fourth-order valence-electron chi connectivity index (χ4n) is 1.67. The average molecular weight is 210 g/mol. The molecule has 74 valence electrons. The monoisotopic (exact) mass is 209 g/mol. The molecule has 4 N–H and O–H groups in total. The van der Waals surface area contributed by atoms with E-state index in [1.807, 2.05) is 18.2 Å². The second kappa shape index (κ2) is 4.03. The number of rotatable bonds is 3. The SMILES string of the molecule is [NH3+]CCCc1c[nH]c2ccc(Cl)cc12. The van der Waals surface area contributed by atoms with E-state index in [2.05, 4.69) is 16.9 Å². The summed E-state index contributed by atoms with van der Waals surface area (Å²) in [6, 6.07) is 5.95. The number of hydrogen-bond donors (Lipinski definition) is 2. The molecule has 2 rings (SSSR count). The van der Waals surface area contributed by atoms with Gasteiger partial charge in [0.15, 0.2) is 0 Å². The van der Waals surface area contributed by atoms with Crippen LogP contribution in [0.5, 0.6) is 0 Å². The number of aromatic amines is 1. The molecule has 0 aliphatic heterocycles. The first-order chi connectivity index (χ1) is 6.81. The van der Waals surface area contributed by atoms with Gasteiger partial charge in [0.1, 0.15) is 0 Å². The molecule has 0 aliphatic carbocycles. The molecule has 2 nitrogen and oxygen atoms in total. The Morgan fingerprint density at radius 1 is 1.36 bits per heavy atom. The number of quaternary nitrogens is 1. The van der Waals surface area contributed by atoms with Crippen molar-refractivity contribution in [1.82, 2.24) is 4.98 Å². The zero-order chi connectivity index (χ0) is 9.97. The topological polar surface area (TPSA) is 43.4 Å². The van der Waals surface area contributed by atoms with Crippen LogP contribution in [-0.4, -0.2) is 11.5 Å². The van der Waals surface area contributed by atoms with E-state index in [9.17, 15) is 0 Å². The van der Waals surface area contributed by atoms with Crippen LogP contribution in [0.3, 0.4) is 0 Å². The highest BCUT2D eigenvalue weighted by Gasteiger charge is 2.03. The van der Waals surface area contributed by atoms with Crippen LogP contribution in [0.25, 0.3) is 10.9 Å². The van der Waals surface area contributed by atoms with Crippen LogP contribution >= 0.6 is 11.6 Å². The van der Waals surface area contributed by atoms with Crippen molar-refractivity contribution < 1.29 is 5.73 Å². The van der Waals surface area contributed by atoms with Gasteiger partial charge in [0.25, 0.3) is 0 Å². The van der Waals surface area contributed by atoms with E-state index >= 15 is 0 Å². The maximum atomic E-state index is 5.96. The summed E-state index contributed by atoms with van der Waals surface area (Å²) in [7, 11) is 0. The van der Waals surface area contributed by atoms with E-state index in [0.717, 1.165) is 29.9 Å². The van der Waals surface area contributed by atoms with Gasteiger partial charge in [-0.3, -0.25) is 0 Å². The van der Waals surface area contributed by atoms with Gasteiger partial charge in [0, 0.05) is 28.5 Å². The number of H-pyrrole nitrogens is 1. The predicted molar refractivity (Wildman–Crippen MR) is 59.4 cm³/mol. The molecule has 0 unspecified atom stereocenters. The molecule has 0 atom stereocenters. The number of halogens is 1. The molecule has 3 heteroatoms. The largest absolute Gasteiger partial charge is 0.361 e. The van der Waals surface area contributed by atoms with Crippen molar-refractivity contribution in [3.63, 3.8) is 0 Å². The highest BCUT2D eigenvalue weighted by Crippen LogP contribution is 2.22. The van der Waals surface area contributed by atoms with Gasteiger partial charge < -0.3 is 10.7 Å². The first kappa shape index (κ1) is 9.56. The Morgan fingerprint density at radius 2 is 2.21 bits per heavy atom. The number of hydrogen-bond acceptors (Lipinski definition) is 0. The predicted octanol–water partition coefficient (Wildman–Crippen LogP) is 2.00. The van der Waals surface area contributed by atoms with Crippen molar-refractivity contribution in [2.75, 3.05) is 6.54 Å². The van der Waals surface area contributed by atoms with Crippen LogP contribution in [-0.2, 0) is 6.42 Å². The quantitative estimate of drug-likeness (QED) is 0.777. The van der Waals surface area contributed by atoms with Gasteiger partial charge in [-0.25, -0.2) is 0 Å². The van der Waals surface area contributed by atoms with Crippen LogP contribution in [0, 0.1) is 0 Å². The van der Waals surface area contributed by atoms with Gasteiger partial charge in [-0.2, -0.15) is 0 Å². The van der Waals surface area contributed by atoms with Gasteiger partial charge in [-0.15, -0.1) is 0 Å². The van der Waals surface area contributed by atoms with Gasteiger partial charge in [-0.1, -0.05) is 11.6 Å². The maximum absolute atomic E-state index is 5.96. The molecule has 0 saturated carbocycles. The molecule has 0 aliphatic rings. The highest BCUT2D eigenvalue weighted by atomic mass is 35.5. The van der Waals surface area contributed by atoms with E-state index < -0.39 is 0 Å². The maximum Gasteiger partial charge on any atom is 0.0743 e. The molecule has 0 fully saturated rings. The zero-order valence-electron chi connectivity index (χ0n) is 8.02. The zero-order valence-corrected chi connectivity index (χ0v) is 8.77. The number of fused-ring (bicyclic) bond motifs is 1. The normalized spacial score (nSPS) is 11.0. The molecule has 0 spiro atoms. The molecule has 0 saturated heterocycles. The smallest absolute Gasteiger partial charge is 0.0743 e. The molecule has 1 aromatic carbocycles. The van der Waals surface area contributed by atoms with E-state index in [-0.39, 0.29) is 0 Å². The Labute approximate surface area is 88.1 Å². The summed E-state index contributed by atoms with van der Waals surface area (Å²) in [6.45, 7) is 0.979. The van der Waals surface area contributed by atoms with Gasteiger partial charge in [-0.05, 0) is 30.2 Å². The summed E-state index contributed by atoms with van der Waals surface area (Å²) in [5.41, 5.74) is 6.35. The molecule has 14 heavy (non-hydrogen) atoms. The van der Waals surface area contributed by atoms with Crippen molar-refractivity contribution in [3.05, 3.63) is 35.0 Å². The lowest BCUT2D eigenvalue weighted by Crippen LogP contribution is -2.50. The number of nitrogens with one attached hydrogen (secondary N) is 1. The highest BCUT2D eigenvalue weighted by molar-refractivity contribution is 6.31. The molecule has 1 aromatic heterocycles. The van der Waals surface area contributed by atoms with E-state index in [4.69, 9.17) is 11.6 Å². The second-order valence-electron chi connectivity index (χ2n) is 3.46. The molecule has 1 heterocycles. The molecular formula is C11H14ClN2+. The van der Waals surface area contributed by atoms with Gasteiger partial charge in [0.2, 0.25) is 0 Å². The summed E-state index contributed by atoms with van der Waals surface area (Å²) < 4.78 is 0. The lowest BCUT2D eigenvalue weighted by Gasteiger charge is -1.96. The van der Waals surface area contributed by atoms with Crippen molar-refractivity contribution in [1.29, 1.82) is 0 Å². The number of benzene rings is 1. The van der Waals surface area contributed by atoms with E-state index in [1.165, 1.54) is 10.9 Å². The van der Waals surface area contributed by atoms with Crippen molar-refractivity contribution >= 4 is 22.5 Å². The average Bonchev–Trinajstić information content (AvgIpc) is 2.57. The minimum Gasteiger partial charge on any atom is -0.361 e. The summed E-state index contributed by atoms with van der Waals surface area (Å²) >= 11 is 5.96. The lowest BCUT2D eigenvalue weighted by atomic mass is 10.1. The second-order valence-corrected chi connectivity index (χ2v) is 3.90. The Bertz CT molecular complexity index is 434. The molecule has 2 aromatic rings. The van der Waals surface area contributed by atoms with Crippen molar-refractivity contribution in [2.24, 2.45) is 0 Å². The third-order valence-corrected chi connectivity index (χ3v) is 2.66. The number of aromatic nitrogens is 1. The van der Waals surface area contributed by atoms with Crippen molar-refractivity contribution in [2.45, 2.75) is 12.8 Å². The molecule has 0 bridgehead atoms. The van der Waals surface area contributed by atoms with Crippen LogP contribution in [0.15, 0.2) is 24.4 Å². The first-order valence-electron chi connectivity index (χ1n) is 4.86. The lowest BCUT2D eigenvalue weighted by molar-refractivity contribution is -0.368. The fraction of sp³-hybridized carbons (Fsp3) is 0.273. The standard InChI is InChI=1S/C11H13ClN2/c12-9-3-4-11-10(6-9)8(7-14-11)2-1-5-13/h3-4,6-7,14H,1-2,5,13H2/p+1. The summed E-state index contributed by atoms with van der Waals surface area (Å²) in [4.78, 5) is 3.25. The summed E-state index contributed by atoms with van der Waals surface area (Å²) in [6.07, 6.45) is 4.26. The minimum absolute atomic E-state index is 0.799. The fourth-order valence-corrected chi connectivity index (χ4v) is 1.85. The van der Waals surface area contributed by atoms with E-state index in [1.54, 1.807) is 0 Å². The first-order valence-corrected chi connectivity index (χ1v) is 5.24. The Morgan fingerprint density at radius 3 is 3.00 bits per heavy atom. The Balaban J connectivity index is 2.40. The summed E-state index contributed by atoms with van der Waals surface area (Å²) in [5, 5.41) is 2.04. The number of aryl methyl sites for hydroxylation is 1. The third-order valence-electron chi connectivity index (χ3n) is 2.43. The van der Waals surface area contributed by atoms with Crippen LogP contribution in [0.2, 0.25) is 5.02 Å². The van der Waals surface area contributed by atoms with Crippen LogP contribution in [0.1, 0.15) is 12.0 Å². The molecule has 0 radical (unpaired) electrons. The minimum atomic E-state index is 0.799. The Kier molecular flexibility index (Phi) is 2.75. The Hall–Kier alpha value is -0.990. The van der Waals surface area contributed by atoms with Crippen LogP contribution in [0.4, 0.5) is 0 Å². The van der Waals surface area contributed by atoms with Crippen LogP contribution < -0.4 is 5.73 Å². The molecule has 0 amide bonds. The van der Waals surface area contributed by atoms with Gasteiger partial charge in [0.05, 0.1) is 6.54 Å². The van der Waals surface area contributed by atoms with E-state index in [0.29, 0.717) is 0 Å². The van der Waals surface area contributed by atoms with Gasteiger partial charge >= 0.3 is 0 Å². The summed E-state index contributed by atoms with van der Waals surface area (Å²) in [5.74, 6) is 0.